The van der Waals surface area contributed by atoms with Crippen LogP contribution in [0.4, 0.5) is 0 Å². The van der Waals surface area contributed by atoms with Gasteiger partial charge in [-0.3, -0.25) is 0 Å². The molecule has 5 heteroatoms. The van der Waals surface area contributed by atoms with E-state index in [9.17, 15) is 4.55 Å². The molecule has 0 saturated heterocycles. The second kappa shape index (κ2) is 6.07. The molecule has 1 atom stereocenters. The third-order valence-electron chi connectivity index (χ3n) is 3.70. The predicted octanol–water partition coefficient (Wildman–Crippen LogP) is 4.44. The number of benzene rings is 2. The smallest absolute Gasteiger partial charge is 0.163 e. The van der Waals surface area contributed by atoms with E-state index >= 15 is 0 Å². The van der Waals surface area contributed by atoms with Crippen LogP contribution in [0.1, 0.15) is 12.5 Å². The Morgan fingerprint density at radius 1 is 1.27 bits per heavy atom. The Balaban J connectivity index is 2.28. The summed E-state index contributed by atoms with van der Waals surface area (Å²) < 4.78 is 15.4. The van der Waals surface area contributed by atoms with Crippen molar-refractivity contribution in [2.24, 2.45) is 7.05 Å². The van der Waals surface area contributed by atoms with Crippen LogP contribution in [-0.2, 0) is 18.2 Å². The molecule has 22 heavy (non-hydrogen) atoms. The van der Waals surface area contributed by atoms with Crippen molar-refractivity contribution in [1.29, 1.82) is 0 Å². The zero-order valence-corrected chi connectivity index (χ0v) is 15.2. The number of hydrogen-bond donors (Lipinski definition) is 0. The molecule has 0 N–H and O–H groups in total. The predicted molar refractivity (Wildman–Crippen MR) is 95.5 cm³/mol. The van der Waals surface area contributed by atoms with E-state index in [1.165, 1.54) is 0 Å². The summed E-state index contributed by atoms with van der Waals surface area (Å²) >= 11 is 2.62. The first-order valence-corrected chi connectivity index (χ1v) is 9.24. The van der Waals surface area contributed by atoms with Crippen molar-refractivity contribution in [1.82, 2.24) is 9.55 Å². The van der Waals surface area contributed by atoms with E-state index in [0.717, 1.165) is 37.4 Å². The van der Waals surface area contributed by atoms with Gasteiger partial charge in [0.15, 0.2) is 4.90 Å². The highest BCUT2D eigenvalue weighted by atomic mass is 79.9. The lowest BCUT2D eigenvalue weighted by Crippen LogP contribution is -2.07. The van der Waals surface area contributed by atoms with Gasteiger partial charge in [0.25, 0.3) is 0 Å². The van der Waals surface area contributed by atoms with Gasteiger partial charge in [-0.2, -0.15) is 0 Å². The summed E-state index contributed by atoms with van der Waals surface area (Å²) in [6.45, 7) is 3.99. The summed E-state index contributed by atoms with van der Waals surface area (Å²) in [4.78, 5) is 5.62. The van der Waals surface area contributed by atoms with Crippen molar-refractivity contribution < 1.29 is 4.55 Å². The molecule has 0 bridgehead atoms. The van der Waals surface area contributed by atoms with Gasteiger partial charge in [0, 0.05) is 11.5 Å². The fourth-order valence-corrected chi connectivity index (χ4v) is 4.45. The first-order chi connectivity index (χ1) is 10.5. The van der Waals surface area contributed by atoms with Crippen molar-refractivity contribution in [3.63, 3.8) is 0 Å². The minimum atomic E-state index is -1.01. The van der Waals surface area contributed by atoms with Crippen LogP contribution in [0.5, 0.6) is 0 Å². The molecule has 0 amide bonds. The number of hydrogen-bond acceptors (Lipinski definition) is 2. The van der Waals surface area contributed by atoms with E-state index in [1.807, 2.05) is 38.2 Å². The standard InChI is InChI=1S/C17H17BrN2OS/c1-4-22(21)15-8-6-5-7-12(15)17-19-14-10-11(2)9-13(18)16(14)20(17)3/h5-10H,4H2,1-3H3. The van der Waals surface area contributed by atoms with Crippen molar-refractivity contribution in [2.75, 3.05) is 5.75 Å². The summed E-state index contributed by atoms with van der Waals surface area (Å²) in [5, 5.41) is 0. The van der Waals surface area contributed by atoms with Crippen molar-refractivity contribution in [2.45, 2.75) is 18.7 Å². The second-order valence-corrected chi connectivity index (χ2v) is 7.80. The Labute approximate surface area is 141 Å². The molecule has 0 aliphatic heterocycles. The lowest BCUT2D eigenvalue weighted by atomic mass is 10.2. The summed E-state index contributed by atoms with van der Waals surface area (Å²) in [6, 6.07) is 12.0. The van der Waals surface area contributed by atoms with Crippen LogP contribution >= 0.6 is 15.9 Å². The number of rotatable bonds is 3. The van der Waals surface area contributed by atoms with Gasteiger partial charge in [0.05, 0.1) is 16.6 Å². The maximum atomic E-state index is 12.3. The minimum Gasteiger partial charge on any atom is -0.611 e. The Kier molecular flexibility index (Phi) is 4.30. The van der Waals surface area contributed by atoms with Crippen LogP contribution in [0.3, 0.4) is 0 Å². The summed E-state index contributed by atoms with van der Waals surface area (Å²) in [6.07, 6.45) is 0. The van der Waals surface area contributed by atoms with Gasteiger partial charge in [-0.25, -0.2) is 4.98 Å². The van der Waals surface area contributed by atoms with Gasteiger partial charge in [-0.05, 0) is 70.8 Å². The average molecular weight is 377 g/mol. The molecule has 1 heterocycles. The summed E-state index contributed by atoms with van der Waals surface area (Å²) in [7, 11) is 2.00. The van der Waals surface area contributed by atoms with Gasteiger partial charge >= 0.3 is 0 Å². The molecule has 2 aromatic carbocycles. The SMILES string of the molecule is CC[S+]([O-])c1ccccc1-c1nc2cc(C)cc(Br)c2n1C. The second-order valence-electron chi connectivity index (χ2n) is 5.24. The van der Waals surface area contributed by atoms with Crippen molar-refractivity contribution >= 4 is 38.1 Å². The van der Waals surface area contributed by atoms with Gasteiger partial charge < -0.3 is 9.12 Å². The highest BCUT2D eigenvalue weighted by Gasteiger charge is 2.20. The molecule has 0 aliphatic rings. The third kappa shape index (κ3) is 2.57. The third-order valence-corrected chi connectivity index (χ3v) is 5.68. The minimum absolute atomic E-state index is 0.601. The number of aryl methyl sites for hydroxylation is 2. The van der Waals surface area contributed by atoms with E-state index in [-0.39, 0.29) is 0 Å². The largest absolute Gasteiger partial charge is 0.611 e. The summed E-state index contributed by atoms with van der Waals surface area (Å²) in [5.74, 6) is 1.45. The molecule has 3 rings (SSSR count). The molecule has 114 valence electrons. The lowest BCUT2D eigenvalue weighted by Gasteiger charge is -2.12. The van der Waals surface area contributed by atoms with Crippen LogP contribution in [-0.4, -0.2) is 19.9 Å². The van der Waals surface area contributed by atoms with Gasteiger partial charge in [-0.1, -0.05) is 12.1 Å². The molecular weight excluding hydrogens is 360 g/mol. The molecule has 0 aliphatic carbocycles. The first-order valence-electron chi connectivity index (χ1n) is 7.13. The Morgan fingerprint density at radius 3 is 2.73 bits per heavy atom. The van der Waals surface area contributed by atoms with Crippen molar-refractivity contribution in [3.8, 4) is 11.4 Å². The molecule has 0 fully saturated rings. The van der Waals surface area contributed by atoms with Crippen LogP contribution < -0.4 is 0 Å². The van der Waals surface area contributed by atoms with Gasteiger partial charge in [-0.15, -0.1) is 0 Å². The van der Waals surface area contributed by atoms with Gasteiger partial charge in [0.2, 0.25) is 0 Å². The summed E-state index contributed by atoms with van der Waals surface area (Å²) in [5.41, 5.74) is 4.10. The molecule has 3 nitrogen and oxygen atoms in total. The lowest BCUT2D eigenvalue weighted by molar-refractivity contribution is 0.596. The molecule has 0 saturated carbocycles. The monoisotopic (exact) mass is 376 g/mol. The number of fused-ring (bicyclic) bond motifs is 1. The highest BCUT2D eigenvalue weighted by molar-refractivity contribution is 9.10. The molecule has 1 aromatic heterocycles. The van der Waals surface area contributed by atoms with E-state index in [4.69, 9.17) is 4.98 Å². The van der Waals surface area contributed by atoms with E-state index in [1.54, 1.807) is 0 Å². The molecule has 1 unspecified atom stereocenters. The zero-order chi connectivity index (χ0) is 15.9. The number of halogens is 1. The average Bonchev–Trinajstić information content (AvgIpc) is 2.83. The Hall–Kier alpha value is -1.30. The maximum absolute atomic E-state index is 12.3. The maximum Gasteiger partial charge on any atom is 0.163 e. The fourth-order valence-electron chi connectivity index (χ4n) is 2.67. The fraction of sp³-hybridized carbons (Fsp3) is 0.235. The number of nitrogens with zero attached hydrogens (tertiary/aromatic N) is 2. The number of imidazole rings is 1. The Morgan fingerprint density at radius 2 is 2.00 bits per heavy atom. The van der Waals surface area contributed by atoms with Crippen LogP contribution in [0.2, 0.25) is 0 Å². The quantitative estimate of drug-likeness (QED) is 0.634. The molecule has 0 radical (unpaired) electrons. The first kappa shape index (κ1) is 15.6. The zero-order valence-electron chi connectivity index (χ0n) is 12.8. The molecular formula is C17H17BrN2OS. The Bertz CT molecular complexity index is 844. The highest BCUT2D eigenvalue weighted by Crippen LogP contribution is 2.33. The van der Waals surface area contributed by atoms with Crippen molar-refractivity contribution in [3.05, 3.63) is 46.4 Å². The van der Waals surface area contributed by atoms with Crippen LogP contribution in [0, 0.1) is 6.92 Å². The normalized spacial score (nSPS) is 12.8. The van der Waals surface area contributed by atoms with Gasteiger partial charge in [0.1, 0.15) is 11.6 Å². The van der Waals surface area contributed by atoms with Crippen LogP contribution in [0.25, 0.3) is 22.4 Å². The van der Waals surface area contributed by atoms with E-state index in [0.29, 0.717) is 5.75 Å². The van der Waals surface area contributed by atoms with E-state index < -0.39 is 11.2 Å². The van der Waals surface area contributed by atoms with E-state index in [2.05, 4.69) is 39.6 Å². The number of aromatic nitrogens is 2. The molecule has 0 spiro atoms. The molecule has 3 aromatic rings. The topological polar surface area (TPSA) is 40.9 Å². The van der Waals surface area contributed by atoms with Crippen LogP contribution in [0.15, 0.2) is 45.8 Å².